The monoisotopic (exact) mass is 1080 g/mol. The molecule has 4 amide bonds. The number of unbranched alkanes of at least 4 members (excludes halogenated alkanes) is 1. The Hall–Kier alpha value is -6.72. The normalized spacial score (nSPS) is 18.7. The van der Waals surface area contributed by atoms with Gasteiger partial charge < -0.3 is 35.2 Å². The number of thiazole rings is 1. The van der Waals surface area contributed by atoms with E-state index in [1.54, 1.807) is 72.6 Å². The van der Waals surface area contributed by atoms with Gasteiger partial charge in [-0.15, -0.1) is 11.3 Å². The number of anilines is 2. The van der Waals surface area contributed by atoms with Crippen molar-refractivity contribution < 1.29 is 42.2 Å². The Kier molecular flexibility index (Phi) is 16.7. The molecule has 4 heterocycles. The molecule has 3 N–H and O–H groups in total. The molecule has 3 fully saturated rings. The van der Waals surface area contributed by atoms with Gasteiger partial charge in [0.15, 0.2) is 5.11 Å². The van der Waals surface area contributed by atoms with E-state index in [-0.39, 0.29) is 36.2 Å². The number of benzene rings is 4. The third-order valence-corrected chi connectivity index (χ3v) is 15.8. The zero-order valence-electron chi connectivity index (χ0n) is 43.4. The summed E-state index contributed by atoms with van der Waals surface area (Å²) in [6, 6.07) is 25.3. The highest BCUT2D eigenvalue weighted by Crippen LogP contribution is 2.40. The van der Waals surface area contributed by atoms with E-state index in [1.165, 1.54) is 11.0 Å². The maximum Gasteiger partial charge on any atom is 0.417 e. The lowest BCUT2D eigenvalue weighted by atomic mass is 9.85. The summed E-state index contributed by atoms with van der Waals surface area (Å²) < 4.78 is 47.3. The summed E-state index contributed by atoms with van der Waals surface area (Å²) in [6.07, 6.45) is -1.89. The van der Waals surface area contributed by atoms with Crippen molar-refractivity contribution in [1.29, 1.82) is 5.26 Å². The molecule has 0 radical (unpaired) electrons. The number of carbonyl (C=O) groups is 4. The van der Waals surface area contributed by atoms with Crippen LogP contribution >= 0.6 is 23.6 Å². The summed E-state index contributed by atoms with van der Waals surface area (Å²) in [7, 11) is 0. The van der Waals surface area contributed by atoms with Gasteiger partial charge in [-0.3, -0.25) is 24.1 Å². The molecule has 4 aromatic carbocycles. The molecule has 3 aliphatic heterocycles. The molecule has 14 nitrogen and oxygen atoms in total. The van der Waals surface area contributed by atoms with Gasteiger partial charge in [-0.05, 0) is 161 Å². The van der Waals surface area contributed by atoms with Gasteiger partial charge in [0.2, 0.25) is 11.8 Å². The maximum absolute atomic E-state index is 14.2. The van der Waals surface area contributed by atoms with Crippen LogP contribution in [0.5, 0.6) is 5.75 Å². The molecule has 8 rings (SSSR count). The standard InChI is InChI=1S/C57H63F3N8O6S2/c1-35-48(76-34-63-35)39-11-9-36(10-12-39)32-62-51(71)47-30-44(69)33-66(47)52(72)49(55(2,3)4)64-50(70)40-15-13-37(14-16-40)38-23-26-65(27-24-38)25-7-8-28-74-45-21-19-42(20-22-45)68-54(75)67(53(73)56(68,5)6)43-18-17-41(31-61)46(29-43)57(58,59)60/h9-22,29,34,38,44,47,49,69H,7-8,23-28,30,32-33H2,1-6H3,(H,62,71)(H,64,70)/t44-,47+,49?/m1/s1. The van der Waals surface area contributed by atoms with Crippen molar-refractivity contribution in [3.63, 3.8) is 0 Å². The maximum atomic E-state index is 14.2. The van der Waals surface area contributed by atoms with Gasteiger partial charge in [-0.25, -0.2) is 4.98 Å². The van der Waals surface area contributed by atoms with Gasteiger partial charge in [0, 0.05) is 30.8 Å². The number of piperidine rings is 1. The van der Waals surface area contributed by atoms with Gasteiger partial charge in [0.05, 0.1) is 51.7 Å². The number of aliphatic hydroxyl groups excluding tert-OH is 1. The predicted octanol–water partition coefficient (Wildman–Crippen LogP) is 9.39. The van der Waals surface area contributed by atoms with Crippen LogP contribution < -0.4 is 25.2 Å². The number of amides is 4. The lowest BCUT2D eigenvalue weighted by Gasteiger charge is -2.35. The number of thiocarbonyl (C=S) groups is 1. The van der Waals surface area contributed by atoms with Crippen LogP contribution in [0.2, 0.25) is 0 Å². The SMILES string of the molecule is Cc1ncsc1-c1ccc(CNC(=O)[C@@H]2C[C@@H](O)CN2C(=O)C(NC(=O)c2ccc(C3CCN(CCCCOc4ccc(N5C(=S)N(c6ccc(C#N)c(C(F)(F)F)c6)C(=O)C5(C)C)cc4)CC3)cc2)C(C)(C)C)cc1. The van der Waals surface area contributed by atoms with Crippen LogP contribution in [0.3, 0.4) is 0 Å². The van der Waals surface area contributed by atoms with Crippen LogP contribution in [0.4, 0.5) is 24.5 Å². The number of halogens is 3. The summed E-state index contributed by atoms with van der Waals surface area (Å²) in [5, 5.41) is 25.8. The number of ether oxygens (including phenoxy) is 1. The molecule has 19 heteroatoms. The lowest BCUT2D eigenvalue weighted by molar-refractivity contribution is -0.142. The average Bonchev–Trinajstić information content (AvgIpc) is 4.08. The van der Waals surface area contributed by atoms with Crippen molar-refractivity contribution in [1.82, 2.24) is 25.4 Å². The highest BCUT2D eigenvalue weighted by Gasteiger charge is 2.51. The van der Waals surface area contributed by atoms with Crippen LogP contribution in [-0.2, 0) is 27.1 Å². The van der Waals surface area contributed by atoms with Crippen molar-refractivity contribution in [2.24, 2.45) is 5.41 Å². The fraction of sp³-hybridized carbons (Fsp3) is 0.421. The number of alkyl halides is 3. The fourth-order valence-corrected chi connectivity index (χ4v) is 11.5. The molecule has 3 saturated heterocycles. The van der Waals surface area contributed by atoms with E-state index in [9.17, 15) is 42.7 Å². The van der Waals surface area contributed by atoms with E-state index in [0.29, 0.717) is 29.5 Å². The topological polar surface area (TPSA) is 171 Å². The minimum absolute atomic E-state index is 0.0150. The summed E-state index contributed by atoms with van der Waals surface area (Å²) in [5.74, 6) is -0.733. The molecule has 1 aromatic heterocycles. The third-order valence-electron chi connectivity index (χ3n) is 14.5. The van der Waals surface area contributed by atoms with E-state index < -0.39 is 64.2 Å². The summed E-state index contributed by atoms with van der Waals surface area (Å²) in [5.41, 5.74) is 3.17. The fourth-order valence-electron chi connectivity index (χ4n) is 10.2. The molecule has 0 bridgehead atoms. The molecule has 0 aliphatic carbocycles. The first-order valence-electron chi connectivity index (χ1n) is 25.5. The number of nitrogens with one attached hydrogen (secondary N) is 2. The average molecular weight is 1080 g/mol. The van der Waals surface area contributed by atoms with Crippen LogP contribution in [-0.4, -0.2) is 105 Å². The molecule has 76 heavy (non-hydrogen) atoms. The second-order valence-corrected chi connectivity index (χ2v) is 22.5. The van der Waals surface area contributed by atoms with Gasteiger partial charge in [0.25, 0.3) is 11.8 Å². The first kappa shape index (κ1) is 55.5. The van der Waals surface area contributed by atoms with E-state index in [2.05, 4.69) is 20.5 Å². The first-order valence-corrected chi connectivity index (χ1v) is 26.8. The number of β-amino-alcohol motifs (C(OH)–C–C–N with tert-alkyl or cyclic N) is 1. The molecule has 3 atom stereocenters. The number of hydrogen-bond acceptors (Lipinski definition) is 11. The molecule has 0 saturated carbocycles. The van der Waals surface area contributed by atoms with E-state index in [0.717, 1.165) is 89.6 Å². The summed E-state index contributed by atoms with van der Waals surface area (Å²) in [4.78, 5) is 67.1. The third kappa shape index (κ3) is 12.3. The van der Waals surface area contributed by atoms with Crippen molar-refractivity contribution in [2.75, 3.05) is 42.6 Å². The quantitative estimate of drug-likeness (QED) is 0.0635. The molecule has 1 unspecified atom stereocenters. The number of nitriles is 1. The number of rotatable bonds is 16. The zero-order chi connectivity index (χ0) is 54.7. The van der Waals surface area contributed by atoms with E-state index in [1.807, 2.05) is 69.6 Å². The number of nitrogens with zero attached hydrogens (tertiary/aromatic N) is 6. The minimum atomic E-state index is -4.79. The minimum Gasteiger partial charge on any atom is -0.494 e. The highest BCUT2D eigenvalue weighted by atomic mass is 32.1. The van der Waals surface area contributed by atoms with Crippen molar-refractivity contribution >= 4 is 63.7 Å². The molecule has 0 spiro atoms. The Morgan fingerprint density at radius 1 is 0.961 bits per heavy atom. The molecule has 5 aromatic rings. The van der Waals surface area contributed by atoms with Crippen LogP contribution in [0, 0.1) is 23.7 Å². The largest absolute Gasteiger partial charge is 0.494 e. The second kappa shape index (κ2) is 22.9. The number of aryl methyl sites for hydroxylation is 1. The Morgan fingerprint density at radius 3 is 2.25 bits per heavy atom. The smallest absolute Gasteiger partial charge is 0.417 e. The number of likely N-dealkylation sites (tertiary alicyclic amines) is 2. The van der Waals surface area contributed by atoms with Gasteiger partial charge in [-0.1, -0.05) is 57.2 Å². The van der Waals surface area contributed by atoms with Crippen LogP contribution in [0.1, 0.15) is 111 Å². The molecule has 3 aliphatic rings. The molecular weight excluding hydrogens is 1010 g/mol. The zero-order valence-corrected chi connectivity index (χ0v) is 45.1. The number of aliphatic hydroxyl groups is 1. The number of hydrogen-bond donors (Lipinski definition) is 3. The highest BCUT2D eigenvalue weighted by molar-refractivity contribution is 7.81. The van der Waals surface area contributed by atoms with E-state index >= 15 is 0 Å². The van der Waals surface area contributed by atoms with Gasteiger partial charge in [0.1, 0.15) is 23.4 Å². The first-order chi connectivity index (χ1) is 36.0. The Balaban J connectivity index is 0.769. The van der Waals surface area contributed by atoms with Crippen molar-refractivity contribution in [3.8, 4) is 22.3 Å². The summed E-state index contributed by atoms with van der Waals surface area (Å²) >= 11 is 7.24. The van der Waals surface area contributed by atoms with Crippen LogP contribution in [0.15, 0.2) is 96.5 Å². The Labute approximate surface area is 450 Å². The second-order valence-electron chi connectivity index (χ2n) is 21.3. The predicted molar refractivity (Wildman–Crippen MR) is 290 cm³/mol. The van der Waals surface area contributed by atoms with E-state index in [4.69, 9.17) is 17.0 Å². The lowest BCUT2D eigenvalue weighted by Crippen LogP contribution is -2.57. The Morgan fingerprint density at radius 2 is 1.63 bits per heavy atom. The van der Waals surface area contributed by atoms with Crippen LogP contribution in [0.25, 0.3) is 10.4 Å². The van der Waals surface area contributed by atoms with Crippen molar-refractivity contribution in [3.05, 3.63) is 130 Å². The molecular formula is C57H63F3N8O6S2. The van der Waals surface area contributed by atoms with Gasteiger partial charge in [-0.2, -0.15) is 18.4 Å². The Bertz CT molecular complexity index is 2980. The number of aromatic nitrogens is 1. The van der Waals surface area contributed by atoms with Gasteiger partial charge >= 0.3 is 6.18 Å². The van der Waals surface area contributed by atoms with Crippen molar-refractivity contribution in [2.45, 2.75) is 116 Å². The molecule has 400 valence electrons. The summed E-state index contributed by atoms with van der Waals surface area (Å²) in [6.45, 7) is 14.4. The number of carbonyl (C=O) groups excluding carboxylic acids is 4.